The third kappa shape index (κ3) is 7.02. The van der Waals surface area contributed by atoms with Gasteiger partial charge in [-0.2, -0.15) is 4.31 Å². The topological polar surface area (TPSA) is 106 Å². The monoisotopic (exact) mass is 498 g/mol. The molecule has 2 aromatic rings. The summed E-state index contributed by atoms with van der Waals surface area (Å²) >= 11 is 5.85. The van der Waals surface area contributed by atoms with E-state index >= 15 is 0 Å². The van der Waals surface area contributed by atoms with Crippen molar-refractivity contribution in [2.45, 2.75) is 45.1 Å². The molecule has 0 aliphatic carbocycles. The number of hydrogen-bond donors (Lipinski definition) is 0. The summed E-state index contributed by atoms with van der Waals surface area (Å²) in [6.07, 6.45) is 3.16. The summed E-state index contributed by atoms with van der Waals surface area (Å²) in [5, 5.41) is 11.1. The highest BCUT2D eigenvalue weighted by atomic mass is 35.5. The number of benzene rings is 1. The fourth-order valence-corrected chi connectivity index (χ4v) is 5.00. The minimum atomic E-state index is -4.16. The minimum Gasteiger partial charge on any atom is -0.353 e. The van der Waals surface area contributed by atoms with E-state index in [1.54, 1.807) is 4.90 Å². The van der Waals surface area contributed by atoms with Crippen molar-refractivity contribution in [3.63, 3.8) is 0 Å². The molecule has 0 atom stereocenters. The van der Waals surface area contributed by atoms with Gasteiger partial charge in [-0.25, -0.2) is 8.42 Å². The summed E-state index contributed by atoms with van der Waals surface area (Å²) in [7, 11) is -2.27. The molecule has 1 aromatic heterocycles. The Labute approximate surface area is 200 Å². The molecule has 0 saturated carbocycles. The normalized spacial score (nSPS) is 11.8. The highest BCUT2D eigenvalue weighted by molar-refractivity contribution is 7.89. The molecule has 2 rings (SSSR count). The molecule has 0 radical (unpaired) electrons. The van der Waals surface area contributed by atoms with Gasteiger partial charge in [-0.1, -0.05) is 38.8 Å². The van der Waals surface area contributed by atoms with Crippen molar-refractivity contribution in [3.05, 3.63) is 57.4 Å². The zero-order valence-corrected chi connectivity index (χ0v) is 21.0. The van der Waals surface area contributed by atoms with Crippen LogP contribution in [0.2, 0.25) is 5.02 Å². The maximum Gasteiger partial charge on any atom is 0.289 e. The Kier molecular flexibility index (Phi) is 9.45. The van der Waals surface area contributed by atoms with Gasteiger partial charge in [0.15, 0.2) is 0 Å². The van der Waals surface area contributed by atoms with Crippen molar-refractivity contribution in [1.82, 2.24) is 13.8 Å². The lowest BCUT2D eigenvalue weighted by molar-refractivity contribution is -0.384. The van der Waals surface area contributed by atoms with Gasteiger partial charge in [0, 0.05) is 38.1 Å². The molecule has 0 unspecified atom stereocenters. The largest absolute Gasteiger partial charge is 0.353 e. The molecule has 0 saturated heterocycles. The van der Waals surface area contributed by atoms with E-state index in [0.717, 1.165) is 22.5 Å². The van der Waals surface area contributed by atoms with Crippen LogP contribution in [-0.4, -0.2) is 52.7 Å². The summed E-state index contributed by atoms with van der Waals surface area (Å²) in [4.78, 5) is 25.2. The van der Waals surface area contributed by atoms with E-state index in [1.165, 1.54) is 12.1 Å². The number of aromatic nitrogens is 1. The average molecular weight is 499 g/mol. The van der Waals surface area contributed by atoms with E-state index in [-0.39, 0.29) is 34.8 Å². The minimum absolute atomic E-state index is 0.126. The number of rotatable bonds is 12. The van der Waals surface area contributed by atoms with Crippen LogP contribution in [-0.2, 0) is 28.4 Å². The molecule has 33 heavy (non-hydrogen) atoms. The van der Waals surface area contributed by atoms with E-state index in [1.807, 2.05) is 50.7 Å². The standard InChI is InChI=1S/C22H31ClN4O5S/c1-5-6-12-26(33(31,32)19-9-10-20(23)21(13-19)27(29)30)16-22(28)25(14-17(2)3)15-18-8-7-11-24(18)4/h7-11,13,17H,5-6,12,14-16H2,1-4H3. The highest BCUT2D eigenvalue weighted by Gasteiger charge is 2.30. The first-order valence-corrected chi connectivity index (χ1v) is 12.6. The molecule has 1 heterocycles. The Bertz CT molecular complexity index is 1080. The summed E-state index contributed by atoms with van der Waals surface area (Å²) < 4.78 is 29.7. The molecule has 0 aliphatic heterocycles. The number of nitro groups is 1. The first-order valence-electron chi connectivity index (χ1n) is 10.8. The zero-order chi connectivity index (χ0) is 24.8. The molecular formula is C22H31ClN4O5S. The number of unbranched alkanes of at least 4 members (excludes halogenated alkanes) is 1. The second-order valence-electron chi connectivity index (χ2n) is 8.34. The first-order chi connectivity index (χ1) is 15.5. The molecular weight excluding hydrogens is 468 g/mol. The molecule has 0 fully saturated rings. The van der Waals surface area contributed by atoms with E-state index in [9.17, 15) is 23.3 Å². The molecule has 9 nitrogen and oxygen atoms in total. The third-order valence-corrected chi connectivity index (χ3v) is 7.33. The van der Waals surface area contributed by atoms with Gasteiger partial charge in [0.1, 0.15) is 5.02 Å². The molecule has 0 bridgehead atoms. The number of amides is 1. The summed E-state index contributed by atoms with van der Waals surface area (Å²) in [6.45, 7) is 6.50. The summed E-state index contributed by atoms with van der Waals surface area (Å²) in [6, 6.07) is 7.16. The van der Waals surface area contributed by atoms with Gasteiger partial charge < -0.3 is 9.47 Å². The maximum atomic E-state index is 13.4. The van der Waals surface area contributed by atoms with Crippen LogP contribution in [0.3, 0.4) is 0 Å². The van der Waals surface area contributed by atoms with Crippen LogP contribution in [0.15, 0.2) is 41.4 Å². The van der Waals surface area contributed by atoms with Crippen LogP contribution in [0.25, 0.3) is 0 Å². The Morgan fingerprint density at radius 1 is 1.27 bits per heavy atom. The number of aryl methyl sites for hydroxylation is 1. The van der Waals surface area contributed by atoms with Gasteiger partial charge in [0.2, 0.25) is 15.9 Å². The van der Waals surface area contributed by atoms with Gasteiger partial charge in [-0.3, -0.25) is 14.9 Å². The van der Waals surface area contributed by atoms with Crippen molar-refractivity contribution < 1.29 is 18.1 Å². The maximum absolute atomic E-state index is 13.4. The fourth-order valence-electron chi connectivity index (χ4n) is 3.36. The van der Waals surface area contributed by atoms with Gasteiger partial charge >= 0.3 is 0 Å². The number of hydrogen-bond acceptors (Lipinski definition) is 5. The summed E-state index contributed by atoms with van der Waals surface area (Å²) in [5.74, 6) is -0.137. The van der Waals surface area contributed by atoms with Crippen molar-refractivity contribution in [2.75, 3.05) is 19.6 Å². The zero-order valence-electron chi connectivity index (χ0n) is 19.4. The fraction of sp³-hybridized carbons (Fsp3) is 0.500. The highest BCUT2D eigenvalue weighted by Crippen LogP contribution is 2.28. The number of nitrogens with zero attached hydrogens (tertiary/aromatic N) is 4. The molecule has 0 N–H and O–H groups in total. The number of carbonyl (C=O) groups is 1. The van der Waals surface area contributed by atoms with Crippen molar-refractivity contribution in [1.29, 1.82) is 0 Å². The summed E-state index contributed by atoms with van der Waals surface area (Å²) in [5.41, 5.74) is 0.435. The SMILES string of the molecule is CCCCN(CC(=O)N(Cc1cccn1C)CC(C)C)S(=O)(=O)c1ccc(Cl)c([N+](=O)[O-])c1. The second kappa shape index (κ2) is 11.6. The molecule has 11 heteroatoms. The van der Waals surface area contributed by atoms with Gasteiger partial charge in [-0.15, -0.1) is 0 Å². The lowest BCUT2D eigenvalue weighted by atomic mass is 10.2. The van der Waals surface area contributed by atoms with E-state index < -0.39 is 20.6 Å². The lowest BCUT2D eigenvalue weighted by Gasteiger charge is -2.28. The van der Waals surface area contributed by atoms with Crippen LogP contribution in [0, 0.1) is 16.0 Å². The number of carbonyl (C=O) groups excluding carboxylic acids is 1. The van der Waals surface area contributed by atoms with Crippen LogP contribution in [0.5, 0.6) is 0 Å². The van der Waals surface area contributed by atoms with Gasteiger partial charge in [-0.05, 0) is 36.6 Å². The van der Waals surface area contributed by atoms with Crippen LogP contribution in [0.4, 0.5) is 5.69 Å². The van der Waals surface area contributed by atoms with Gasteiger partial charge in [0.05, 0.1) is 22.9 Å². The van der Waals surface area contributed by atoms with Crippen LogP contribution < -0.4 is 0 Å². The quantitative estimate of drug-likeness (QED) is 0.324. The molecule has 0 spiro atoms. The Balaban J connectivity index is 2.35. The lowest BCUT2D eigenvalue weighted by Crippen LogP contribution is -2.44. The van der Waals surface area contributed by atoms with E-state index in [0.29, 0.717) is 19.5 Å². The Hall–Kier alpha value is -2.43. The molecule has 182 valence electrons. The van der Waals surface area contributed by atoms with Crippen LogP contribution >= 0.6 is 11.6 Å². The molecule has 1 aromatic carbocycles. The predicted octanol–water partition coefficient (Wildman–Crippen LogP) is 4.06. The first kappa shape index (κ1) is 26.8. The number of sulfonamides is 1. The predicted molar refractivity (Wildman–Crippen MR) is 127 cm³/mol. The third-order valence-electron chi connectivity index (χ3n) is 5.17. The second-order valence-corrected chi connectivity index (χ2v) is 10.7. The number of nitro benzene ring substituents is 1. The number of halogens is 1. The molecule has 1 amide bonds. The van der Waals surface area contributed by atoms with Crippen LogP contribution in [0.1, 0.15) is 39.3 Å². The van der Waals surface area contributed by atoms with E-state index in [4.69, 9.17) is 11.6 Å². The molecule has 0 aliphatic rings. The average Bonchev–Trinajstić information content (AvgIpc) is 3.14. The van der Waals surface area contributed by atoms with Crippen molar-refractivity contribution in [2.24, 2.45) is 13.0 Å². The smallest absolute Gasteiger partial charge is 0.289 e. The Morgan fingerprint density at radius 3 is 2.52 bits per heavy atom. The van der Waals surface area contributed by atoms with E-state index in [2.05, 4.69) is 0 Å². The Morgan fingerprint density at radius 2 is 1.97 bits per heavy atom. The van der Waals surface area contributed by atoms with Gasteiger partial charge in [0.25, 0.3) is 5.69 Å². The van der Waals surface area contributed by atoms with Crippen molar-refractivity contribution >= 4 is 33.2 Å². The van der Waals surface area contributed by atoms with Crippen molar-refractivity contribution in [3.8, 4) is 0 Å².